The minimum absolute atomic E-state index is 0.0176. The molecule has 290 valence electrons. The van der Waals surface area contributed by atoms with Gasteiger partial charge in [0.25, 0.3) is 0 Å². The molecule has 0 bridgehead atoms. The van der Waals surface area contributed by atoms with E-state index in [9.17, 15) is 19.0 Å². The molecule has 49 heavy (non-hydrogen) atoms. The van der Waals surface area contributed by atoms with Crippen molar-refractivity contribution in [3.63, 3.8) is 0 Å². The zero-order chi connectivity index (χ0) is 36.3. The van der Waals surface area contributed by atoms with E-state index in [1.54, 1.807) is 0 Å². The highest BCUT2D eigenvalue weighted by atomic mass is 31.2. The number of unbranched alkanes of at least 4 members (excludes halogenated alkanes) is 22. The van der Waals surface area contributed by atoms with Gasteiger partial charge in [0.2, 0.25) is 0 Å². The number of carboxylic acids is 1. The molecule has 0 aromatic carbocycles. The normalized spacial score (nSPS) is 14.2. The van der Waals surface area contributed by atoms with E-state index in [1.165, 1.54) is 116 Å². The van der Waals surface area contributed by atoms with Crippen LogP contribution in [0.1, 0.15) is 181 Å². The Morgan fingerprint density at radius 3 is 1.57 bits per heavy atom. The molecule has 3 unspecified atom stereocenters. The van der Waals surface area contributed by atoms with Gasteiger partial charge in [-0.2, -0.15) is 0 Å². The van der Waals surface area contributed by atoms with Crippen LogP contribution >= 0.6 is 7.82 Å². The molecular weight excluding hydrogens is 645 g/mol. The number of carbonyl (C=O) groups is 2. The van der Waals surface area contributed by atoms with Crippen LogP contribution < -0.4 is 5.73 Å². The average Bonchev–Trinajstić information content (AvgIpc) is 3.07. The molecule has 0 heterocycles. The number of ether oxygens (including phenoxy) is 2. The van der Waals surface area contributed by atoms with E-state index in [2.05, 4.69) is 26.0 Å². The Bertz CT molecular complexity index is 842. The van der Waals surface area contributed by atoms with Crippen molar-refractivity contribution in [2.24, 2.45) is 5.73 Å². The number of phosphoric acid groups is 1. The van der Waals surface area contributed by atoms with Crippen LogP contribution in [0.3, 0.4) is 0 Å². The number of hydrogen-bond donors (Lipinski definition) is 3. The van der Waals surface area contributed by atoms with Crippen LogP contribution in [-0.2, 0) is 32.7 Å². The maximum absolute atomic E-state index is 12.6. The van der Waals surface area contributed by atoms with Gasteiger partial charge in [0, 0.05) is 13.0 Å². The van der Waals surface area contributed by atoms with Gasteiger partial charge in [-0.1, -0.05) is 148 Å². The predicted octanol–water partition coefficient (Wildman–Crippen LogP) is 10.2. The number of aliphatic carboxylic acids is 1. The molecule has 0 radical (unpaired) electrons. The van der Waals surface area contributed by atoms with Crippen molar-refractivity contribution >= 4 is 19.8 Å². The van der Waals surface area contributed by atoms with Crippen molar-refractivity contribution in [2.45, 2.75) is 193 Å². The van der Waals surface area contributed by atoms with Crippen molar-refractivity contribution < 1.29 is 42.7 Å². The fraction of sp³-hybridized carbons (Fsp3) is 0.895. The first-order chi connectivity index (χ1) is 23.7. The molecule has 0 saturated carbocycles. The van der Waals surface area contributed by atoms with E-state index >= 15 is 0 Å². The van der Waals surface area contributed by atoms with Crippen LogP contribution in [0.25, 0.3) is 0 Å². The summed E-state index contributed by atoms with van der Waals surface area (Å²) in [6, 6.07) is -1.47. The Labute approximate surface area is 299 Å². The summed E-state index contributed by atoms with van der Waals surface area (Å²) in [5.74, 6) is -1.78. The second-order valence-corrected chi connectivity index (χ2v) is 14.9. The lowest BCUT2D eigenvalue weighted by atomic mass is 10.0. The van der Waals surface area contributed by atoms with E-state index in [1.807, 2.05) is 0 Å². The van der Waals surface area contributed by atoms with Crippen LogP contribution in [0.4, 0.5) is 0 Å². The summed E-state index contributed by atoms with van der Waals surface area (Å²) in [5.41, 5.74) is 5.34. The quantitative estimate of drug-likeness (QED) is 0.0243. The lowest BCUT2D eigenvalue weighted by Gasteiger charge is -2.20. The Morgan fingerprint density at radius 1 is 0.633 bits per heavy atom. The smallest absolute Gasteiger partial charge is 0.472 e. The molecule has 10 nitrogen and oxygen atoms in total. The molecule has 0 aliphatic carbocycles. The van der Waals surface area contributed by atoms with Gasteiger partial charge in [-0.25, -0.2) is 4.57 Å². The molecule has 0 aromatic rings. The standard InChI is InChI=1S/C38H74NO9P/c1-3-5-7-9-11-13-15-17-19-21-23-25-27-29-31-45-32-35(33-46-49(43,44)47-34-36(39)38(41)42)48-37(40)30-28-26-24-22-20-18-16-14-12-10-8-6-4-2/h13,15,35-36H,3-12,14,16-34,39H2,1-2H3,(H,41,42)(H,43,44)/b15-13-. The van der Waals surface area contributed by atoms with Crippen LogP contribution in [-0.4, -0.2) is 60.5 Å². The van der Waals surface area contributed by atoms with Gasteiger partial charge in [0.1, 0.15) is 12.1 Å². The molecular formula is C38H74NO9P. The predicted molar refractivity (Wildman–Crippen MR) is 199 cm³/mol. The third-order valence-corrected chi connectivity index (χ3v) is 9.50. The van der Waals surface area contributed by atoms with E-state index in [-0.39, 0.29) is 13.0 Å². The van der Waals surface area contributed by atoms with Gasteiger partial charge < -0.3 is 25.2 Å². The van der Waals surface area contributed by atoms with E-state index in [0.717, 1.165) is 38.5 Å². The second kappa shape index (κ2) is 35.1. The second-order valence-electron chi connectivity index (χ2n) is 13.4. The molecule has 0 aromatic heterocycles. The largest absolute Gasteiger partial charge is 0.480 e. The highest BCUT2D eigenvalue weighted by Gasteiger charge is 2.27. The Hall–Kier alpha value is -1.29. The molecule has 0 rings (SSSR count). The number of esters is 1. The maximum Gasteiger partial charge on any atom is 0.472 e. The van der Waals surface area contributed by atoms with Crippen molar-refractivity contribution in [3.8, 4) is 0 Å². The molecule has 0 aliphatic rings. The maximum atomic E-state index is 12.6. The molecule has 0 fully saturated rings. The fourth-order valence-corrected chi connectivity index (χ4v) is 6.20. The number of rotatable bonds is 38. The number of allylic oxidation sites excluding steroid dienone is 2. The first-order valence-electron chi connectivity index (χ1n) is 19.7. The summed E-state index contributed by atoms with van der Waals surface area (Å²) >= 11 is 0. The summed E-state index contributed by atoms with van der Waals surface area (Å²) in [5, 5.41) is 8.86. The molecule has 0 amide bonds. The number of hydrogen-bond acceptors (Lipinski definition) is 8. The van der Waals surface area contributed by atoms with Crippen molar-refractivity contribution in [1.82, 2.24) is 0 Å². The van der Waals surface area contributed by atoms with E-state index < -0.39 is 45.1 Å². The summed E-state index contributed by atoms with van der Waals surface area (Å²) in [6.45, 7) is 3.86. The first kappa shape index (κ1) is 47.7. The SMILES string of the molecule is CCCCCC/C=C\CCCCCCCCOCC(COP(=O)(O)OCC(N)C(=O)O)OC(=O)CCCCCCCCCCCCCCC. The van der Waals surface area contributed by atoms with Gasteiger partial charge in [0.05, 0.1) is 19.8 Å². The summed E-state index contributed by atoms with van der Waals surface area (Å²) in [4.78, 5) is 33.4. The highest BCUT2D eigenvalue weighted by molar-refractivity contribution is 7.47. The van der Waals surface area contributed by atoms with Crippen molar-refractivity contribution in [1.29, 1.82) is 0 Å². The van der Waals surface area contributed by atoms with Crippen LogP contribution in [0.15, 0.2) is 12.2 Å². The van der Waals surface area contributed by atoms with Gasteiger partial charge in [-0.05, 0) is 38.5 Å². The fourth-order valence-electron chi connectivity index (χ4n) is 5.42. The molecule has 0 aliphatic heterocycles. The number of phosphoric ester groups is 1. The topological polar surface area (TPSA) is 155 Å². The van der Waals surface area contributed by atoms with Gasteiger partial charge in [-0.3, -0.25) is 18.6 Å². The van der Waals surface area contributed by atoms with Gasteiger partial charge in [0.15, 0.2) is 0 Å². The lowest BCUT2D eigenvalue weighted by molar-refractivity contribution is -0.154. The van der Waals surface area contributed by atoms with Gasteiger partial charge >= 0.3 is 19.8 Å². The minimum Gasteiger partial charge on any atom is -0.480 e. The molecule has 3 atom stereocenters. The van der Waals surface area contributed by atoms with Crippen molar-refractivity contribution in [2.75, 3.05) is 26.4 Å². The summed E-state index contributed by atoms with van der Waals surface area (Å²) < 4.78 is 33.2. The summed E-state index contributed by atoms with van der Waals surface area (Å²) in [7, 11) is -4.60. The van der Waals surface area contributed by atoms with E-state index in [4.69, 9.17) is 29.4 Å². The molecule has 0 saturated heterocycles. The minimum atomic E-state index is -4.60. The Kier molecular flexibility index (Phi) is 34.2. The number of carbonyl (C=O) groups excluding carboxylic acids is 1. The van der Waals surface area contributed by atoms with Crippen molar-refractivity contribution in [3.05, 3.63) is 12.2 Å². The molecule has 0 spiro atoms. The monoisotopic (exact) mass is 720 g/mol. The van der Waals surface area contributed by atoms with E-state index in [0.29, 0.717) is 13.0 Å². The lowest BCUT2D eigenvalue weighted by Crippen LogP contribution is -2.34. The van der Waals surface area contributed by atoms with Crippen LogP contribution in [0.5, 0.6) is 0 Å². The molecule has 11 heteroatoms. The van der Waals surface area contributed by atoms with Gasteiger partial charge in [-0.15, -0.1) is 0 Å². The summed E-state index contributed by atoms with van der Waals surface area (Å²) in [6.07, 6.45) is 34.0. The van der Waals surface area contributed by atoms with Crippen LogP contribution in [0, 0.1) is 0 Å². The third kappa shape index (κ3) is 34.9. The third-order valence-electron chi connectivity index (χ3n) is 8.54. The number of carboxylic acid groups (broad SMARTS) is 1. The Morgan fingerprint density at radius 2 is 1.06 bits per heavy atom. The average molecular weight is 720 g/mol. The zero-order valence-electron chi connectivity index (χ0n) is 31.3. The van der Waals surface area contributed by atoms with Crippen LogP contribution in [0.2, 0.25) is 0 Å². The first-order valence-corrected chi connectivity index (χ1v) is 21.2. The number of nitrogens with two attached hydrogens (primary N) is 1. The highest BCUT2D eigenvalue weighted by Crippen LogP contribution is 2.43. The Balaban J connectivity index is 4.28. The molecule has 4 N–H and O–H groups in total. The zero-order valence-corrected chi connectivity index (χ0v) is 32.2.